The van der Waals surface area contributed by atoms with Gasteiger partial charge in [0.15, 0.2) is 5.58 Å². The number of fused-ring (bicyclic) bond motifs is 1. The highest BCUT2D eigenvalue weighted by Crippen LogP contribution is 2.19. The third-order valence-electron chi connectivity index (χ3n) is 4.28. The lowest BCUT2D eigenvalue weighted by atomic mass is 10.1. The van der Waals surface area contributed by atoms with Gasteiger partial charge in [-0.15, -0.1) is 0 Å². The molecule has 1 heterocycles. The van der Waals surface area contributed by atoms with E-state index >= 15 is 0 Å². The number of rotatable bonds is 7. The van der Waals surface area contributed by atoms with Crippen LogP contribution in [0.25, 0.3) is 11.1 Å². The Bertz CT molecular complexity index is 1100. The van der Waals surface area contributed by atoms with Gasteiger partial charge in [-0.25, -0.2) is 9.59 Å². The Morgan fingerprint density at radius 1 is 1.07 bits per heavy atom. The molecule has 0 fully saturated rings. The smallest absolute Gasteiger partial charge is 0.419 e. The zero-order valence-electron chi connectivity index (χ0n) is 16.3. The molecule has 2 N–H and O–H groups in total. The summed E-state index contributed by atoms with van der Waals surface area (Å²) in [7, 11) is 0. The number of nitrogens with one attached hydrogen (secondary N) is 2. The van der Waals surface area contributed by atoms with E-state index < -0.39 is 29.8 Å². The minimum atomic E-state index is -1.31. The predicted molar refractivity (Wildman–Crippen MR) is 108 cm³/mol. The van der Waals surface area contributed by atoms with E-state index in [0.29, 0.717) is 23.2 Å². The van der Waals surface area contributed by atoms with Gasteiger partial charge < -0.3 is 14.5 Å². The Kier molecular flexibility index (Phi) is 6.63. The molecule has 0 unspecified atom stereocenters. The minimum Gasteiger partial charge on any atom is -0.447 e. The Morgan fingerprint density at radius 3 is 2.50 bits per heavy atom. The summed E-state index contributed by atoms with van der Waals surface area (Å²) in [6.07, 6.45) is -1.47. The van der Waals surface area contributed by atoms with Crippen LogP contribution in [0.5, 0.6) is 0 Å². The highest BCUT2D eigenvalue weighted by Gasteiger charge is 2.26. The van der Waals surface area contributed by atoms with E-state index in [1.165, 1.54) is 4.57 Å². The van der Waals surface area contributed by atoms with Gasteiger partial charge in [0.25, 0.3) is 5.91 Å². The Morgan fingerprint density at radius 2 is 1.77 bits per heavy atom. The number of benzene rings is 2. The lowest BCUT2D eigenvalue weighted by Gasteiger charge is -2.17. The highest BCUT2D eigenvalue weighted by molar-refractivity contribution is 5.97. The van der Waals surface area contributed by atoms with Crippen LogP contribution >= 0.6 is 0 Å². The van der Waals surface area contributed by atoms with Gasteiger partial charge in [0.05, 0.1) is 11.9 Å². The molecule has 0 spiro atoms. The summed E-state index contributed by atoms with van der Waals surface area (Å²) >= 11 is 0. The number of carbonyl (C=O) groups excluding carboxylic acids is 3. The number of aryl methyl sites for hydroxylation is 1. The van der Waals surface area contributed by atoms with Crippen molar-refractivity contribution in [3.05, 3.63) is 70.7 Å². The predicted octanol–water partition coefficient (Wildman–Crippen LogP) is 2.11. The molecule has 9 nitrogen and oxygen atoms in total. The van der Waals surface area contributed by atoms with Gasteiger partial charge in [-0.05, 0) is 19.1 Å². The molecule has 0 aliphatic rings. The second kappa shape index (κ2) is 9.55. The maximum Gasteiger partial charge on any atom is 0.419 e. The number of oxazole rings is 1. The fourth-order valence-corrected chi connectivity index (χ4v) is 2.90. The zero-order chi connectivity index (χ0) is 21.5. The molecule has 1 atom stereocenters. The molecular formula is C21H21N3O6. The number of aromatic nitrogens is 1. The first-order chi connectivity index (χ1) is 14.5. The van der Waals surface area contributed by atoms with E-state index in [2.05, 4.69) is 10.6 Å². The van der Waals surface area contributed by atoms with Crippen molar-refractivity contribution in [2.45, 2.75) is 26.0 Å². The Balaban J connectivity index is 1.71. The third-order valence-corrected chi connectivity index (χ3v) is 4.28. The van der Waals surface area contributed by atoms with Crippen LogP contribution in [0.2, 0.25) is 0 Å². The van der Waals surface area contributed by atoms with Gasteiger partial charge >= 0.3 is 17.8 Å². The average Bonchev–Trinajstić information content (AvgIpc) is 3.06. The maximum atomic E-state index is 12.5. The molecule has 9 heteroatoms. The van der Waals surface area contributed by atoms with Crippen molar-refractivity contribution in [1.82, 2.24) is 15.2 Å². The highest BCUT2D eigenvalue weighted by atomic mass is 16.5. The first-order valence-corrected chi connectivity index (χ1v) is 9.41. The van der Waals surface area contributed by atoms with Crippen LogP contribution in [-0.4, -0.2) is 29.0 Å². The fraction of sp³-hybridized carbons (Fsp3) is 0.238. The number of ether oxygens (including phenoxy) is 1. The average molecular weight is 411 g/mol. The Hall–Kier alpha value is -3.88. The second-order valence-electron chi connectivity index (χ2n) is 6.37. The van der Waals surface area contributed by atoms with Crippen molar-refractivity contribution in [1.29, 1.82) is 0 Å². The first kappa shape index (κ1) is 20.8. The quantitative estimate of drug-likeness (QED) is 0.575. The molecule has 0 aliphatic carbocycles. The van der Waals surface area contributed by atoms with Crippen molar-refractivity contribution in [2.24, 2.45) is 0 Å². The second-order valence-corrected chi connectivity index (χ2v) is 6.37. The number of imide groups is 1. The van der Waals surface area contributed by atoms with Crippen molar-refractivity contribution < 1.29 is 23.5 Å². The molecule has 0 bridgehead atoms. The number of carbonyl (C=O) groups is 3. The van der Waals surface area contributed by atoms with Crippen LogP contribution in [0.1, 0.15) is 25.0 Å². The van der Waals surface area contributed by atoms with E-state index in [9.17, 15) is 19.2 Å². The van der Waals surface area contributed by atoms with Crippen LogP contribution in [0.3, 0.4) is 0 Å². The molecule has 3 amide bonds. The number of hydrogen-bond acceptors (Lipinski definition) is 6. The maximum absolute atomic E-state index is 12.5. The molecule has 30 heavy (non-hydrogen) atoms. The zero-order valence-corrected chi connectivity index (χ0v) is 16.3. The van der Waals surface area contributed by atoms with Gasteiger partial charge in [-0.3, -0.25) is 19.5 Å². The van der Waals surface area contributed by atoms with E-state index in [0.717, 1.165) is 0 Å². The largest absolute Gasteiger partial charge is 0.447 e. The summed E-state index contributed by atoms with van der Waals surface area (Å²) in [5, 5.41) is 4.59. The third kappa shape index (κ3) is 4.93. The Labute approximate surface area is 171 Å². The van der Waals surface area contributed by atoms with Crippen LogP contribution in [0.4, 0.5) is 4.79 Å². The van der Waals surface area contributed by atoms with Crippen LogP contribution in [0, 0.1) is 0 Å². The fourth-order valence-electron chi connectivity index (χ4n) is 2.90. The molecule has 2 aromatic carbocycles. The van der Waals surface area contributed by atoms with Gasteiger partial charge in [-0.2, -0.15) is 0 Å². The molecule has 0 saturated heterocycles. The molecule has 3 aromatic rings. The van der Waals surface area contributed by atoms with Crippen LogP contribution in [0.15, 0.2) is 63.8 Å². The van der Waals surface area contributed by atoms with Gasteiger partial charge in [0.2, 0.25) is 6.10 Å². The standard InChI is InChI=1S/C21H21N3O6/c1-2-22-20(27)23-19(26)18(14-8-4-3-5-9-14)30-17(25)12-13-24-15-10-6-7-11-16(15)29-21(24)28/h3-11,18H,2,12-13H2,1H3,(H2,22,23,26,27)/t18-/m1/s1. The number of para-hydroxylation sites is 2. The molecule has 156 valence electrons. The summed E-state index contributed by atoms with van der Waals surface area (Å²) in [5.74, 6) is -2.06. The summed E-state index contributed by atoms with van der Waals surface area (Å²) in [4.78, 5) is 48.7. The number of nitrogens with zero attached hydrogens (tertiary/aromatic N) is 1. The monoisotopic (exact) mass is 411 g/mol. The molecule has 0 saturated carbocycles. The topological polar surface area (TPSA) is 120 Å². The lowest BCUT2D eigenvalue weighted by Crippen LogP contribution is -2.42. The van der Waals surface area contributed by atoms with E-state index in [1.54, 1.807) is 61.5 Å². The van der Waals surface area contributed by atoms with Crippen LogP contribution < -0.4 is 16.4 Å². The van der Waals surface area contributed by atoms with E-state index in [1.807, 2.05) is 0 Å². The SMILES string of the molecule is CCNC(=O)NC(=O)[C@H](OC(=O)CCn1c(=O)oc2ccccc21)c1ccccc1. The molecule has 0 radical (unpaired) electrons. The number of esters is 1. The van der Waals surface area contributed by atoms with Crippen molar-refractivity contribution >= 4 is 29.0 Å². The summed E-state index contributed by atoms with van der Waals surface area (Å²) in [6, 6.07) is 14.5. The summed E-state index contributed by atoms with van der Waals surface area (Å²) < 4.78 is 11.8. The molecular weight excluding hydrogens is 390 g/mol. The summed E-state index contributed by atoms with van der Waals surface area (Å²) in [6.45, 7) is 2.07. The molecule has 1 aromatic heterocycles. The van der Waals surface area contributed by atoms with Gasteiger partial charge in [0.1, 0.15) is 0 Å². The minimum absolute atomic E-state index is 0.0220. The number of hydrogen-bond donors (Lipinski definition) is 2. The summed E-state index contributed by atoms with van der Waals surface area (Å²) in [5.41, 5.74) is 1.39. The first-order valence-electron chi connectivity index (χ1n) is 9.41. The van der Waals surface area contributed by atoms with Crippen molar-refractivity contribution in [2.75, 3.05) is 6.54 Å². The molecule has 0 aliphatic heterocycles. The van der Waals surface area contributed by atoms with Crippen molar-refractivity contribution in [3.63, 3.8) is 0 Å². The van der Waals surface area contributed by atoms with Crippen molar-refractivity contribution in [3.8, 4) is 0 Å². The van der Waals surface area contributed by atoms with E-state index in [4.69, 9.17) is 9.15 Å². The van der Waals surface area contributed by atoms with Gasteiger partial charge in [0, 0.05) is 18.7 Å². The van der Waals surface area contributed by atoms with E-state index in [-0.39, 0.29) is 13.0 Å². The molecule has 3 rings (SSSR count). The number of urea groups is 1. The normalized spacial score (nSPS) is 11.6. The van der Waals surface area contributed by atoms with Crippen LogP contribution in [-0.2, 0) is 20.9 Å². The number of amides is 3. The van der Waals surface area contributed by atoms with Gasteiger partial charge in [-0.1, -0.05) is 42.5 Å². The lowest BCUT2D eigenvalue weighted by molar-refractivity contribution is -0.156.